The molecule has 6 heteroatoms. The maximum absolute atomic E-state index is 5.70. The maximum atomic E-state index is 5.70. The average Bonchev–Trinajstić information content (AvgIpc) is 2.15. The van der Waals surface area contributed by atoms with Crippen molar-refractivity contribution in [3.8, 4) is 0 Å². The summed E-state index contributed by atoms with van der Waals surface area (Å²) in [5, 5.41) is 3.20. The summed E-state index contributed by atoms with van der Waals surface area (Å²) in [6.07, 6.45) is 0. The van der Waals surface area contributed by atoms with Crippen LogP contribution in [0, 0.1) is 0 Å². The molecular weight excluding hydrogens is 216 g/mol. The van der Waals surface area contributed by atoms with Crippen LogP contribution in [0.3, 0.4) is 0 Å². The first kappa shape index (κ1) is 13.5. The quantitative estimate of drug-likeness (QED) is 0.827. The molecule has 3 N–H and O–H groups in total. The van der Waals surface area contributed by atoms with Crippen molar-refractivity contribution in [3.05, 3.63) is 0 Å². The minimum Gasteiger partial charge on any atom is -0.368 e. The van der Waals surface area contributed by atoms with E-state index in [9.17, 15) is 0 Å². The van der Waals surface area contributed by atoms with E-state index in [1.54, 1.807) is 0 Å². The number of aromatic nitrogens is 3. The number of hydrogen-bond donors (Lipinski definition) is 2. The minimum atomic E-state index is -0.103. The summed E-state index contributed by atoms with van der Waals surface area (Å²) < 4.78 is 0. The Hall–Kier alpha value is -1.59. The predicted molar refractivity (Wildman–Crippen MR) is 71.2 cm³/mol. The summed E-state index contributed by atoms with van der Waals surface area (Å²) in [7, 11) is 0. The van der Waals surface area contributed by atoms with E-state index in [1.165, 1.54) is 0 Å². The zero-order chi connectivity index (χ0) is 13.1. The first-order valence-corrected chi connectivity index (χ1v) is 5.90. The fraction of sp³-hybridized carbons (Fsp3) is 0.727. The molecule has 0 fully saturated rings. The van der Waals surface area contributed by atoms with Gasteiger partial charge in [0.25, 0.3) is 0 Å². The van der Waals surface area contributed by atoms with Gasteiger partial charge in [0.05, 0.1) is 0 Å². The summed E-state index contributed by atoms with van der Waals surface area (Å²) in [5.41, 5.74) is 5.59. The number of nitrogens with one attached hydrogen (secondary N) is 1. The van der Waals surface area contributed by atoms with E-state index in [2.05, 4.69) is 34.1 Å². The Morgan fingerprint density at radius 1 is 1.12 bits per heavy atom. The first-order chi connectivity index (χ1) is 7.85. The maximum Gasteiger partial charge on any atom is 0.231 e. The first-order valence-electron chi connectivity index (χ1n) is 5.90. The lowest BCUT2D eigenvalue weighted by atomic mass is 10.1. The summed E-state index contributed by atoms with van der Waals surface area (Å²) in [5.74, 6) is 1.38. The Morgan fingerprint density at radius 2 is 1.71 bits per heavy atom. The van der Waals surface area contributed by atoms with Crippen LogP contribution in [0.4, 0.5) is 17.8 Å². The van der Waals surface area contributed by atoms with E-state index < -0.39 is 0 Å². The van der Waals surface area contributed by atoms with Gasteiger partial charge in [0, 0.05) is 18.6 Å². The van der Waals surface area contributed by atoms with Gasteiger partial charge < -0.3 is 16.0 Å². The third-order valence-electron chi connectivity index (χ3n) is 2.17. The zero-order valence-electron chi connectivity index (χ0n) is 11.3. The topological polar surface area (TPSA) is 80.0 Å². The normalized spacial score (nSPS) is 11.4. The molecule has 0 unspecified atom stereocenters. The van der Waals surface area contributed by atoms with Crippen molar-refractivity contribution in [3.63, 3.8) is 0 Å². The van der Waals surface area contributed by atoms with Gasteiger partial charge in [0.2, 0.25) is 17.8 Å². The molecule has 0 aliphatic rings. The Labute approximate surface area is 103 Å². The van der Waals surface area contributed by atoms with Crippen LogP contribution in [-0.4, -0.2) is 33.6 Å². The van der Waals surface area contributed by atoms with Gasteiger partial charge in [0.15, 0.2) is 0 Å². The summed E-state index contributed by atoms with van der Waals surface area (Å²) >= 11 is 0. The van der Waals surface area contributed by atoms with Gasteiger partial charge >= 0.3 is 0 Å². The molecule has 0 amide bonds. The van der Waals surface area contributed by atoms with Crippen molar-refractivity contribution in [2.75, 3.05) is 29.0 Å². The van der Waals surface area contributed by atoms with Crippen molar-refractivity contribution < 1.29 is 0 Å². The lowest BCUT2D eigenvalue weighted by Crippen LogP contribution is -2.29. The molecule has 6 nitrogen and oxygen atoms in total. The summed E-state index contributed by atoms with van der Waals surface area (Å²) in [6, 6.07) is 0. The number of rotatable bonds is 4. The highest BCUT2D eigenvalue weighted by molar-refractivity contribution is 5.42. The third-order valence-corrected chi connectivity index (χ3v) is 2.17. The smallest absolute Gasteiger partial charge is 0.231 e. The van der Waals surface area contributed by atoms with Gasteiger partial charge in [-0.3, -0.25) is 0 Å². The van der Waals surface area contributed by atoms with Gasteiger partial charge in [0.1, 0.15) is 0 Å². The lowest BCUT2D eigenvalue weighted by Gasteiger charge is -2.23. The molecule has 1 rings (SSSR count). The molecule has 0 spiro atoms. The molecule has 0 aliphatic heterocycles. The fourth-order valence-electron chi connectivity index (χ4n) is 1.42. The van der Waals surface area contributed by atoms with Crippen LogP contribution in [0.2, 0.25) is 0 Å². The SMILES string of the molecule is CCN(CC)c1nc(N)nc(NC(C)(C)C)n1. The number of anilines is 3. The number of nitrogen functional groups attached to an aromatic ring is 1. The highest BCUT2D eigenvalue weighted by atomic mass is 15.3. The van der Waals surface area contributed by atoms with Crippen LogP contribution in [0.15, 0.2) is 0 Å². The zero-order valence-corrected chi connectivity index (χ0v) is 11.3. The van der Waals surface area contributed by atoms with Crippen LogP contribution in [0.25, 0.3) is 0 Å². The molecule has 0 bridgehead atoms. The van der Waals surface area contributed by atoms with E-state index in [0.29, 0.717) is 11.9 Å². The van der Waals surface area contributed by atoms with Gasteiger partial charge in [-0.15, -0.1) is 0 Å². The van der Waals surface area contributed by atoms with Crippen molar-refractivity contribution in [2.24, 2.45) is 0 Å². The molecule has 0 aromatic carbocycles. The Kier molecular flexibility index (Phi) is 4.09. The van der Waals surface area contributed by atoms with E-state index in [1.807, 2.05) is 25.7 Å². The largest absolute Gasteiger partial charge is 0.368 e. The van der Waals surface area contributed by atoms with E-state index in [0.717, 1.165) is 13.1 Å². The molecule has 0 saturated carbocycles. The van der Waals surface area contributed by atoms with Crippen molar-refractivity contribution in [1.82, 2.24) is 15.0 Å². The second-order valence-corrected chi connectivity index (χ2v) is 4.86. The van der Waals surface area contributed by atoms with Crippen molar-refractivity contribution in [2.45, 2.75) is 40.2 Å². The number of hydrogen-bond acceptors (Lipinski definition) is 6. The Morgan fingerprint density at radius 3 is 2.18 bits per heavy atom. The van der Waals surface area contributed by atoms with Crippen LogP contribution < -0.4 is 16.0 Å². The summed E-state index contributed by atoms with van der Waals surface area (Å²) in [4.78, 5) is 14.6. The van der Waals surface area contributed by atoms with Crippen LogP contribution in [-0.2, 0) is 0 Å². The second-order valence-electron chi connectivity index (χ2n) is 4.86. The Bertz CT molecular complexity index is 367. The van der Waals surface area contributed by atoms with Gasteiger partial charge in [-0.05, 0) is 34.6 Å². The van der Waals surface area contributed by atoms with E-state index in [4.69, 9.17) is 5.73 Å². The molecule has 96 valence electrons. The highest BCUT2D eigenvalue weighted by Crippen LogP contribution is 2.15. The third kappa shape index (κ3) is 4.05. The van der Waals surface area contributed by atoms with Crippen molar-refractivity contribution >= 4 is 17.8 Å². The average molecular weight is 238 g/mol. The molecule has 1 aromatic heterocycles. The minimum absolute atomic E-state index is 0.103. The van der Waals surface area contributed by atoms with Crippen molar-refractivity contribution in [1.29, 1.82) is 0 Å². The van der Waals surface area contributed by atoms with Crippen LogP contribution in [0.1, 0.15) is 34.6 Å². The molecule has 0 saturated heterocycles. The van der Waals surface area contributed by atoms with Crippen LogP contribution in [0.5, 0.6) is 0 Å². The molecule has 0 aliphatic carbocycles. The standard InChI is InChI=1S/C11H22N6/c1-6-17(7-2)10-14-8(12)13-9(15-10)16-11(3,4)5/h6-7H2,1-5H3,(H3,12,13,14,15,16). The van der Waals surface area contributed by atoms with Gasteiger partial charge in [-0.1, -0.05) is 0 Å². The van der Waals surface area contributed by atoms with E-state index in [-0.39, 0.29) is 11.5 Å². The summed E-state index contributed by atoms with van der Waals surface area (Å²) in [6.45, 7) is 11.9. The predicted octanol–water partition coefficient (Wildman–Crippen LogP) is 1.51. The molecule has 1 heterocycles. The molecule has 0 atom stereocenters. The molecular formula is C11H22N6. The van der Waals surface area contributed by atoms with E-state index >= 15 is 0 Å². The lowest BCUT2D eigenvalue weighted by molar-refractivity contribution is 0.624. The molecule has 1 aromatic rings. The second kappa shape index (κ2) is 5.16. The fourth-order valence-corrected chi connectivity index (χ4v) is 1.42. The Balaban J connectivity index is 3.01. The van der Waals surface area contributed by atoms with Gasteiger partial charge in [-0.25, -0.2) is 0 Å². The highest BCUT2D eigenvalue weighted by Gasteiger charge is 2.14. The van der Waals surface area contributed by atoms with Gasteiger partial charge in [-0.2, -0.15) is 15.0 Å². The van der Waals surface area contributed by atoms with Crippen LogP contribution >= 0.6 is 0 Å². The molecule has 17 heavy (non-hydrogen) atoms. The molecule has 0 radical (unpaired) electrons. The monoisotopic (exact) mass is 238 g/mol. The number of nitrogens with zero attached hydrogens (tertiary/aromatic N) is 4. The number of nitrogens with two attached hydrogens (primary N) is 1.